The van der Waals surface area contributed by atoms with Crippen LogP contribution in [-0.4, -0.2) is 4.98 Å². The van der Waals surface area contributed by atoms with Crippen molar-refractivity contribution >= 4 is 17.4 Å². The van der Waals surface area contributed by atoms with Gasteiger partial charge in [0.25, 0.3) is 0 Å². The number of hydrogen-bond donors (Lipinski definition) is 0. The van der Waals surface area contributed by atoms with Crippen LogP contribution >= 0.6 is 11.3 Å². The first-order valence-corrected chi connectivity index (χ1v) is 5.33. The van der Waals surface area contributed by atoms with E-state index in [0.717, 1.165) is 16.1 Å². The third kappa shape index (κ3) is 2.50. The van der Waals surface area contributed by atoms with Gasteiger partial charge in [0, 0.05) is 13.1 Å². The summed E-state index contributed by atoms with van der Waals surface area (Å²) in [6, 6.07) is 7.63. The summed E-state index contributed by atoms with van der Waals surface area (Å²) in [5, 5.41) is 1.88. The number of nitrogens with zero attached hydrogens (tertiary/aromatic N) is 1. The van der Waals surface area contributed by atoms with Crippen LogP contribution in [0.25, 0.3) is 16.6 Å². The zero-order valence-electron chi connectivity index (χ0n) is 7.98. The first kappa shape index (κ1) is 10.1. The number of rotatable bonds is 2. The molecule has 0 aromatic carbocycles. The van der Waals surface area contributed by atoms with Crippen molar-refractivity contribution in [1.29, 1.82) is 0 Å². The minimum absolute atomic E-state index is 0.430. The van der Waals surface area contributed by atoms with Gasteiger partial charge in [-0.05, 0) is 35.2 Å². The second kappa shape index (κ2) is 4.36. The van der Waals surface area contributed by atoms with Crippen LogP contribution in [-0.2, 0) is 0 Å². The van der Waals surface area contributed by atoms with E-state index in [1.54, 1.807) is 17.5 Å². The molecule has 0 N–H and O–H groups in total. The molecule has 0 aliphatic carbocycles. The van der Waals surface area contributed by atoms with E-state index in [4.69, 9.17) is 0 Å². The van der Waals surface area contributed by atoms with Gasteiger partial charge in [0.1, 0.15) is 5.83 Å². The topological polar surface area (TPSA) is 12.9 Å². The first-order valence-electron chi connectivity index (χ1n) is 4.45. The molecule has 0 fully saturated rings. The maximum atomic E-state index is 12.5. The number of thiophene rings is 1. The number of pyridine rings is 1. The molecule has 2 aromatic heterocycles. The third-order valence-electron chi connectivity index (χ3n) is 1.86. The second-order valence-electron chi connectivity index (χ2n) is 3.05. The lowest BCUT2D eigenvalue weighted by Gasteiger charge is -1.92. The molecular weight excluding hydrogens is 209 g/mol. The van der Waals surface area contributed by atoms with E-state index in [2.05, 4.69) is 11.9 Å². The molecule has 1 nitrogen and oxygen atoms in total. The average Bonchev–Trinajstić information content (AvgIpc) is 2.67. The Labute approximate surface area is 91.9 Å². The van der Waals surface area contributed by atoms with Gasteiger partial charge in [-0.2, -0.15) is 0 Å². The van der Waals surface area contributed by atoms with Crippen molar-refractivity contribution < 1.29 is 4.39 Å². The van der Waals surface area contributed by atoms with Crippen molar-refractivity contribution in [3.8, 4) is 10.6 Å². The van der Waals surface area contributed by atoms with Gasteiger partial charge in [-0.25, -0.2) is 4.39 Å². The molecule has 3 heteroatoms. The number of halogens is 1. The number of allylic oxidation sites excluding steroid dienone is 1. The lowest BCUT2D eigenvalue weighted by atomic mass is 10.2. The Morgan fingerprint density at radius 3 is 3.00 bits per heavy atom. The summed E-state index contributed by atoms with van der Waals surface area (Å²) >= 11 is 1.54. The van der Waals surface area contributed by atoms with Crippen LogP contribution in [0.4, 0.5) is 4.39 Å². The van der Waals surface area contributed by atoms with Gasteiger partial charge in [0.15, 0.2) is 0 Å². The second-order valence-corrected chi connectivity index (χ2v) is 3.96. The quantitative estimate of drug-likeness (QED) is 0.743. The molecule has 2 aromatic rings. The zero-order valence-corrected chi connectivity index (χ0v) is 8.80. The van der Waals surface area contributed by atoms with Crippen LogP contribution in [0.2, 0.25) is 0 Å². The minimum Gasteiger partial charge on any atom is -0.255 e. The fourth-order valence-electron chi connectivity index (χ4n) is 1.25. The summed E-state index contributed by atoms with van der Waals surface area (Å²) in [5.41, 5.74) is 1.74. The predicted molar refractivity (Wildman–Crippen MR) is 62.0 cm³/mol. The molecule has 2 heterocycles. The van der Waals surface area contributed by atoms with E-state index < -0.39 is 5.83 Å². The molecule has 15 heavy (non-hydrogen) atoms. The molecule has 0 aliphatic rings. The Balaban J connectivity index is 2.32. The summed E-state index contributed by atoms with van der Waals surface area (Å²) in [7, 11) is 0. The summed E-state index contributed by atoms with van der Waals surface area (Å²) in [6.45, 7) is 3.20. The molecule has 75 valence electrons. The monoisotopic (exact) mass is 218 g/mol. The summed E-state index contributed by atoms with van der Waals surface area (Å²) in [6.07, 6.45) is 3.15. The largest absolute Gasteiger partial charge is 0.255 e. The van der Waals surface area contributed by atoms with Crippen molar-refractivity contribution in [3.05, 3.63) is 54.2 Å². The van der Waals surface area contributed by atoms with E-state index in [1.807, 2.05) is 29.6 Å². The zero-order chi connectivity index (χ0) is 10.7. The molecule has 0 saturated carbocycles. The van der Waals surface area contributed by atoms with Gasteiger partial charge in [-0.3, -0.25) is 4.98 Å². The molecule has 1 radical (unpaired) electrons. The highest BCUT2D eigenvalue weighted by molar-refractivity contribution is 7.13. The van der Waals surface area contributed by atoms with Crippen LogP contribution in [0.1, 0.15) is 5.56 Å². The minimum atomic E-state index is -0.430. The van der Waals surface area contributed by atoms with E-state index in [9.17, 15) is 4.39 Å². The summed E-state index contributed by atoms with van der Waals surface area (Å²) in [4.78, 5) is 5.25. The van der Waals surface area contributed by atoms with Crippen molar-refractivity contribution in [2.45, 2.75) is 0 Å². The molecular formula is C12H9FNS. The maximum absolute atomic E-state index is 12.5. The van der Waals surface area contributed by atoms with Gasteiger partial charge in [-0.15, -0.1) is 11.3 Å². The molecule has 0 amide bonds. The summed E-state index contributed by atoms with van der Waals surface area (Å²) in [5.74, 6) is -0.430. The average molecular weight is 218 g/mol. The fraction of sp³-hybridized carbons (Fsp3) is 0. The first-order chi connectivity index (χ1) is 7.25. The van der Waals surface area contributed by atoms with Gasteiger partial charge in [0.2, 0.25) is 0 Å². The van der Waals surface area contributed by atoms with Gasteiger partial charge in [0.05, 0.1) is 10.6 Å². The lowest BCUT2D eigenvalue weighted by molar-refractivity contribution is 0.673. The molecule has 0 aliphatic heterocycles. The molecule has 2 rings (SSSR count). The molecule has 0 bridgehead atoms. The molecule has 0 saturated heterocycles. The number of hydrogen-bond acceptors (Lipinski definition) is 2. The fourth-order valence-corrected chi connectivity index (χ4v) is 2.10. The van der Waals surface area contributed by atoms with Crippen molar-refractivity contribution in [2.75, 3.05) is 0 Å². The van der Waals surface area contributed by atoms with Crippen LogP contribution in [0.3, 0.4) is 0 Å². The van der Waals surface area contributed by atoms with Crippen LogP contribution < -0.4 is 0 Å². The maximum Gasteiger partial charge on any atom is 0.101 e. The van der Waals surface area contributed by atoms with Crippen LogP contribution in [0.5, 0.6) is 0 Å². The van der Waals surface area contributed by atoms with Crippen molar-refractivity contribution in [3.63, 3.8) is 0 Å². The molecule has 0 atom stereocenters. The van der Waals surface area contributed by atoms with Crippen LogP contribution in [0, 0.1) is 6.92 Å². The third-order valence-corrected chi connectivity index (χ3v) is 2.83. The Morgan fingerprint density at radius 1 is 1.47 bits per heavy atom. The van der Waals surface area contributed by atoms with Gasteiger partial charge < -0.3 is 0 Å². The normalized spacial score (nSPS) is 11.7. The SMILES string of the molecule is [CH2]/C(F)=C/c1csc(-c2ccccn2)c1. The smallest absolute Gasteiger partial charge is 0.101 e. The van der Waals surface area contributed by atoms with E-state index in [1.165, 1.54) is 6.08 Å². The Hall–Kier alpha value is -1.48. The Kier molecular flexibility index (Phi) is 2.92. The highest BCUT2D eigenvalue weighted by atomic mass is 32.1. The van der Waals surface area contributed by atoms with E-state index in [0.29, 0.717) is 0 Å². The van der Waals surface area contributed by atoms with Gasteiger partial charge >= 0.3 is 0 Å². The van der Waals surface area contributed by atoms with E-state index in [-0.39, 0.29) is 0 Å². The highest BCUT2D eigenvalue weighted by Gasteiger charge is 2.01. The molecule has 0 unspecified atom stereocenters. The van der Waals surface area contributed by atoms with Crippen molar-refractivity contribution in [2.24, 2.45) is 0 Å². The Morgan fingerprint density at radius 2 is 2.33 bits per heavy atom. The standard InChI is InChI=1S/C12H9FNS/c1-9(13)6-10-7-12(15-8-10)11-4-2-3-5-14-11/h2-8H,1H2/b9-6-. The van der Waals surface area contributed by atoms with Gasteiger partial charge in [-0.1, -0.05) is 6.07 Å². The summed E-state index contributed by atoms with van der Waals surface area (Å²) < 4.78 is 12.5. The van der Waals surface area contributed by atoms with Crippen LogP contribution in [0.15, 0.2) is 41.7 Å². The lowest BCUT2D eigenvalue weighted by Crippen LogP contribution is -1.76. The van der Waals surface area contributed by atoms with Crippen molar-refractivity contribution in [1.82, 2.24) is 4.98 Å². The highest BCUT2D eigenvalue weighted by Crippen LogP contribution is 2.26. The molecule has 0 spiro atoms. The Bertz CT molecular complexity index is 469. The van der Waals surface area contributed by atoms with E-state index >= 15 is 0 Å². The predicted octanol–water partition coefficient (Wildman–Crippen LogP) is 3.95. The number of aromatic nitrogens is 1.